The van der Waals surface area contributed by atoms with E-state index >= 15 is 0 Å². The van der Waals surface area contributed by atoms with Gasteiger partial charge in [0.1, 0.15) is 6.61 Å². The van der Waals surface area contributed by atoms with Crippen LogP contribution in [0.1, 0.15) is 18.9 Å². The number of likely N-dealkylation sites (tertiary alicyclic amines) is 1. The van der Waals surface area contributed by atoms with E-state index in [9.17, 15) is 9.59 Å². The molecule has 1 fully saturated rings. The van der Waals surface area contributed by atoms with Gasteiger partial charge in [-0.25, -0.2) is 4.79 Å². The molecule has 0 spiro atoms. The fourth-order valence-electron chi connectivity index (χ4n) is 2.11. The summed E-state index contributed by atoms with van der Waals surface area (Å²) in [6.07, 6.45) is 0.0463. The molecule has 5 heteroatoms. The largest absolute Gasteiger partial charge is 0.466 e. The number of nitrogens with zero attached hydrogens (tertiary/aromatic N) is 1. The Bertz CT molecular complexity index is 454. The lowest BCUT2D eigenvalue weighted by atomic mass is 9.97. The second-order valence-electron chi connectivity index (χ2n) is 4.82. The molecule has 0 saturated carbocycles. The van der Waals surface area contributed by atoms with Gasteiger partial charge in [0, 0.05) is 19.0 Å². The lowest BCUT2D eigenvalue weighted by Gasteiger charge is -2.37. The van der Waals surface area contributed by atoms with Crippen molar-refractivity contribution in [3.63, 3.8) is 0 Å². The first kappa shape index (κ1) is 14.4. The van der Waals surface area contributed by atoms with E-state index in [1.54, 1.807) is 11.8 Å². The first-order chi connectivity index (χ1) is 9.69. The lowest BCUT2D eigenvalue weighted by Crippen LogP contribution is -2.50. The number of esters is 1. The minimum absolute atomic E-state index is 0.193. The van der Waals surface area contributed by atoms with Gasteiger partial charge in [-0.15, -0.1) is 0 Å². The maximum atomic E-state index is 11.7. The molecule has 0 atom stereocenters. The van der Waals surface area contributed by atoms with Crippen LogP contribution in [-0.2, 0) is 20.9 Å². The fraction of sp³-hybridized carbons (Fsp3) is 0.467. The minimum Gasteiger partial charge on any atom is -0.466 e. The van der Waals surface area contributed by atoms with Crippen molar-refractivity contribution in [3.8, 4) is 0 Å². The summed E-state index contributed by atoms with van der Waals surface area (Å²) in [5.74, 6) is -0.00636. The Hall–Kier alpha value is -2.04. The molecule has 0 bridgehead atoms. The van der Waals surface area contributed by atoms with Crippen LogP contribution in [0.25, 0.3) is 0 Å². The molecular formula is C15H19NO4. The summed E-state index contributed by atoms with van der Waals surface area (Å²) in [5, 5.41) is 0. The number of ether oxygens (including phenoxy) is 2. The van der Waals surface area contributed by atoms with Gasteiger partial charge >= 0.3 is 12.1 Å². The molecule has 1 amide bonds. The fourth-order valence-corrected chi connectivity index (χ4v) is 2.11. The third-order valence-electron chi connectivity index (χ3n) is 3.18. The van der Waals surface area contributed by atoms with E-state index < -0.39 is 0 Å². The standard InChI is InChI=1S/C15H19NO4/c1-2-19-14(17)8-13-9-16(10-13)15(18)20-11-12-6-4-3-5-7-12/h3-7,13H,2,8-11H2,1H3. The smallest absolute Gasteiger partial charge is 0.410 e. The Labute approximate surface area is 118 Å². The molecule has 108 valence electrons. The molecule has 1 aromatic rings. The van der Waals surface area contributed by atoms with E-state index in [0.717, 1.165) is 5.56 Å². The van der Waals surface area contributed by atoms with E-state index in [4.69, 9.17) is 9.47 Å². The molecular weight excluding hydrogens is 258 g/mol. The maximum absolute atomic E-state index is 11.7. The SMILES string of the molecule is CCOC(=O)CC1CN(C(=O)OCc2ccccc2)C1. The quantitative estimate of drug-likeness (QED) is 0.774. The second kappa shape index (κ2) is 6.93. The maximum Gasteiger partial charge on any atom is 0.410 e. The Balaban J connectivity index is 1.65. The van der Waals surface area contributed by atoms with Gasteiger partial charge in [0.2, 0.25) is 0 Å². The van der Waals surface area contributed by atoms with Crippen molar-refractivity contribution in [1.29, 1.82) is 0 Å². The summed E-state index contributed by atoms with van der Waals surface area (Å²) in [7, 11) is 0. The average molecular weight is 277 g/mol. The molecule has 0 unspecified atom stereocenters. The van der Waals surface area contributed by atoms with Crippen LogP contribution in [-0.4, -0.2) is 36.7 Å². The predicted molar refractivity (Wildman–Crippen MR) is 72.9 cm³/mol. The molecule has 1 aromatic carbocycles. The Morgan fingerprint density at radius 1 is 1.20 bits per heavy atom. The van der Waals surface area contributed by atoms with Crippen LogP contribution in [0.4, 0.5) is 4.79 Å². The summed E-state index contributed by atoms with van der Waals surface area (Å²) >= 11 is 0. The number of carbonyl (C=O) groups excluding carboxylic acids is 2. The average Bonchev–Trinajstić information content (AvgIpc) is 2.41. The van der Waals surface area contributed by atoms with Crippen molar-refractivity contribution in [3.05, 3.63) is 35.9 Å². The molecule has 1 aliphatic rings. The highest BCUT2D eigenvalue weighted by molar-refractivity contribution is 5.72. The topological polar surface area (TPSA) is 55.8 Å². The monoisotopic (exact) mass is 277 g/mol. The minimum atomic E-state index is -0.325. The predicted octanol–water partition coefficient (Wildman–Crippen LogP) is 2.21. The molecule has 0 aliphatic carbocycles. The molecule has 1 saturated heterocycles. The van der Waals surface area contributed by atoms with Crippen LogP contribution in [0, 0.1) is 5.92 Å². The van der Waals surface area contributed by atoms with Gasteiger partial charge in [-0.05, 0) is 12.5 Å². The van der Waals surface area contributed by atoms with Gasteiger partial charge in [-0.3, -0.25) is 4.79 Å². The van der Waals surface area contributed by atoms with Gasteiger partial charge < -0.3 is 14.4 Å². The van der Waals surface area contributed by atoms with Crippen LogP contribution < -0.4 is 0 Å². The highest BCUT2D eigenvalue weighted by Gasteiger charge is 2.33. The summed E-state index contributed by atoms with van der Waals surface area (Å²) < 4.78 is 10.1. The van der Waals surface area contributed by atoms with Gasteiger partial charge in [-0.2, -0.15) is 0 Å². The zero-order valence-electron chi connectivity index (χ0n) is 11.6. The van der Waals surface area contributed by atoms with Crippen molar-refractivity contribution < 1.29 is 19.1 Å². The van der Waals surface area contributed by atoms with Crippen molar-refractivity contribution in [2.24, 2.45) is 5.92 Å². The molecule has 0 radical (unpaired) electrons. The van der Waals surface area contributed by atoms with E-state index in [1.807, 2.05) is 30.3 Å². The van der Waals surface area contributed by atoms with E-state index in [2.05, 4.69) is 0 Å². The number of benzene rings is 1. The zero-order valence-corrected chi connectivity index (χ0v) is 11.6. The zero-order chi connectivity index (χ0) is 14.4. The number of amides is 1. The summed E-state index contributed by atoms with van der Waals surface area (Å²) in [6, 6.07) is 9.55. The normalized spacial score (nSPS) is 14.6. The Morgan fingerprint density at radius 2 is 1.90 bits per heavy atom. The number of rotatable bonds is 5. The second-order valence-corrected chi connectivity index (χ2v) is 4.82. The highest BCUT2D eigenvalue weighted by atomic mass is 16.6. The first-order valence-electron chi connectivity index (χ1n) is 6.80. The van der Waals surface area contributed by atoms with Crippen molar-refractivity contribution in [1.82, 2.24) is 4.90 Å². The lowest BCUT2D eigenvalue weighted by molar-refractivity contribution is -0.145. The summed E-state index contributed by atoms with van der Waals surface area (Å²) in [6.45, 7) is 3.58. The number of hydrogen-bond donors (Lipinski definition) is 0. The number of hydrogen-bond acceptors (Lipinski definition) is 4. The molecule has 0 aromatic heterocycles. The summed E-state index contributed by atoms with van der Waals surface area (Å²) in [5.41, 5.74) is 0.962. The molecule has 0 N–H and O–H groups in total. The van der Waals surface area contributed by atoms with E-state index in [1.165, 1.54) is 0 Å². The summed E-state index contributed by atoms with van der Waals surface area (Å²) in [4.78, 5) is 24.6. The Kier molecular flexibility index (Phi) is 4.98. The molecule has 2 rings (SSSR count). The molecule has 1 aliphatic heterocycles. The number of carbonyl (C=O) groups is 2. The first-order valence-corrected chi connectivity index (χ1v) is 6.80. The third-order valence-corrected chi connectivity index (χ3v) is 3.18. The van der Waals surface area contributed by atoms with Gasteiger partial charge in [0.15, 0.2) is 0 Å². The van der Waals surface area contributed by atoms with Crippen molar-refractivity contribution in [2.45, 2.75) is 20.0 Å². The third kappa shape index (κ3) is 3.98. The highest BCUT2D eigenvalue weighted by Crippen LogP contribution is 2.20. The van der Waals surface area contributed by atoms with Crippen LogP contribution in [0.2, 0.25) is 0 Å². The molecule has 5 nitrogen and oxygen atoms in total. The van der Waals surface area contributed by atoms with Gasteiger partial charge in [0.25, 0.3) is 0 Å². The molecule has 1 heterocycles. The van der Waals surface area contributed by atoms with Crippen LogP contribution in [0.15, 0.2) is 30.3 Å². The van der Waals surface area contributed by atoms with Crippen molar-refractivity contribution >= 4 is 12.1 Å². The van der Waals surface area contributed by atoms with E-state index in [0.29, 0.717) is 26.1 Å². The Morgan fingerprint density at radius 3 is 2.55 bits per heavy atom. The molecule has 20 heavy (non-hydrogen) atoms. The van der Waals surface area contributed by atoms with Crippen LogP contribution >= 0.6 is 0 Å². The van der Waals surface area contributed by atoms with Crippen LogP contribution in [0.5, 0.6) is 0 Å². The van der Waals surface area contributed by atoms with Crippen LogP contribution in [0.3, 0.4) is 0 Å². The van der Waals surface area contributed by atoms with Gasteiger partial charge in [-0.1, -0.05) is 30.3 Å². The van der Waals surface area contributed by atoms with Crippen molar-refractivity contribution in [2.75, 3.05) is 19.7 Å². The van der Waals surface area contributed by atoms with E-state index in [-0.39, 0.29) is 24.6 Å². The van der Waals surface area contributed by atoms with Gasteiger partial charge in [0.05, 0.1) is 13.0 Å².